The van der Waals surface area contributed by atoms with Crippen molar-refractivity contribution < 1.29 is 9.53 Å². The predicted molar refractivity (Wildman–Crippen MR) is 107 cm³/mol. The molecular weight excluding hydrogens is 377 g/mol. The summed E-state index contributed by atoms with van der Waals surface area (Å²) >= 11 is 14.0. The third-order valence-corrected chi connectivity index (χ3v) is 5.02. The van der Waals surface area contributed by atoms with E-state index in [-0.39, 0.29) is 12.0 Å². The Morgan fingerprint density at radius 3 is 2.36 bits per heavy atom. The predicted octanol–water partition coefficient (Wildman–Crippen LogP) is 5.44. The largest absolute Gasteiger partial charge is 0.491 e. The molecule has 134 valence electrons. The van der Waals surface area contributed by atoms with E-state index in [4.69, 9.17) is 27.9 Å². The molecule has 0 aromatic heterocycles. The van der Waals surface area contributed by atoms with E-state index in [2.05, 4.69) is 5.32 Å². The summed E-state index contributed by atoms with van der Waals surface area (Å²) in [7, 11) is 0. The van der Waals surface area contributed by atoms with Crippen molar-refractivity contribution in [3.63, 3.8) is 0 Å². The van der Waals surface area contributed by atoms with Gasteiger partial charge in [-0.05, 0) is 55.8 Å². The Morgan fingerprint density at radius 2 is 1.76 bits per heavy atom. The zero-order valence-electron chi connectivity index (χ0n) is 14.2. The quantitative estimate of drug-likeness (QED) is 0.602. The summed E-state index contributed by atoms with van der Waals surface area (Å²) in [5.74, 6) is 2.17. The number of nitrogens with one attached hydrogen (secondary N) is 1. The summed E-state index contributed by atoms with van der Waals surface area (Å²) in [5, 5.41) is 4.26. The second-order valence-corrected chi connectivity index (χ2v) is 7.62. The van der Waals surface area contributed by atoms with Gasteiger partial charge in [0, 0.05) is 33.7 Å². The first-order chi connectivity index (χ1) is 12.0. The summed E-state index contributed by atoms with van der Waals surface area (Å²) in [6.07, 6.45) is 0.114. The smallest absolute Gasteiger partial charge is 0.251 e. The van der Waals surface area contributed by atoms with Gasteiger partial charge < -0.3 is 10.1 Å². The third-order valence-electron chi connectivity index (χ3n) is 3.33. The minimum absolute atomic E-state index is 0.0903. The lowest BCUT2D eigenvalue weighted by Gasteiger charge is -2.10. The minimum atomic E-state index is -0.0903. The average molecular weight is 398 g/mol. The topological polar surface area (TPSA) is 38.3 Å². The van der Waals surface area contributed by atoms with E-state index in [9.17, 15) is 4.79 Å². The number of hydrogen-bond donors (Lipinski definition) is 1. The van der Waals surface area contributed by atoms with Crippen molar-refractivity contribution in [1.29, 1.82) is 0 Å². The van der Waals surface area contributed by atoms with Gasteiger partial charge in [-0.15, -0.1) is 0 Å². The van der Waals surface area contributed by atoms with Crippen LogP contribution in [0, 0.1) is 0 Å². The molecule has 0 atom stereocenters. The van der Waals surface area contributed by atoms with E-state index in [1.54, 1.807) is 23.9 Å². The molecule has 2 aromatic rings. The highest BCUT2D eigenvalue weighted by Crippen LogP contribution is 2.27. The summed E-state index contributed by atoms with van der Waals surface area (Å²) in [6.45, 7) is 4.51. The van der Waals surface area contributed by atoms with Crippen LogP contribution in [0.3, 0.4) is 0 Å². The zero-order chi connectivity index (χ0) is 18.2. The summed E-state index contributed by atoms with van der Waals surface area (Å²) in [6, 6.07) is 12.6. The lowest BCUT2D eigenvalue weighted by atomic mass is 10.2. The number of halogens is 2. The molecule has 0 spiro atoms. The molecule has 1 N–H and O–H groups in total. The zero-order valence-corrected chi connectivity index (χ0v) is 16.5. The maximum atomic E-state index is 12.1. The van der Waals surface area contributed by atoms with Crippen molar-refractivity contribution in [2.45, 2.75) is 25.7 Å². The first kappa shape index (κ1) is 20.0. The van der Waals surface area contributed by atoms with E-state index < -0.39 is 0 Å². The third kappa shape index (κ3) is 6.46. The van der Waals surface area contributed by atoms with E-state index in [1.165, 1.54) is 0 Å². The van der Waals surface area contributed by atoms with Crippen molar-refractivity contribution in [3.05, 3.63) is 63.6 Å². The maximum absolute atomic E-state index is 12.1. The van der Waals surface area contributed by atoms with E-state index in [1.807, 2.05) is 44.2 Å². The highest BCUT2D eigenvalue weighted by molar-refractivity contribution is 7.98. The Labute approximate surface area is 163 Å². The van der Waals surface area contributed by atoms with Crippen LogP contribution in [0.4, 0.5) is 0 Å². The second-order valence-electron chi connectivity index (χ2n) is 5.70. The lowest BCUT2D eigenvalue weighted by molar-refractivity contribution is 0.0956. The Bertz CT molecular complexity index is 685. The van der Waals surface area contributed by atoms with Crippen LogP contribution in [-0.4, -0.2) is 24.3 Å². The van der Waals surface area contributed by atoms with Gasteiger partial charge in [-0.2, -0.15) is 11.8 Å². The molecule has 0 fully saturated rings. The molecule has 0 unspecified atom stereocenters. The molecule has 6 heteroatoms. The van der Waals surface area contributed by atoms with Crippen LogP contribution < -0.4 is 10.1 Å². The molecule has 0 heterocycles. The van der Waals surface area contributed by atoms with Crippen molar-refractivity contribution in [1.82, 2.24) is 5.32 Å². The lowest BCUT2D eigenvalue weighted by Crippen LogP contribution is -2.25. The van der Waals surface area contributed by atoms with Gasteiger partial charge in [-0.1, -0.05) is 29.3 Å². The van der Waals surface area contributed by atoms with Crippen LogP contribution >= 0.6 is 35.0 Å². The molecule has 1 amide bonds. The van der Waals surface area contributed by atoms with Gasteiger partial charge in [0.05, 0.1) is 6.10 Å². The number of carbonyl (C=O) groups is 1. The van der Waals surface area contributed by atoms with Gasteiger partial charge in [-0.3, -0.25) is 4.79 Å². The van der Waals surface area contributed by atoms with E-state index >= 15 is 0 Å². The molecule has 2 aromatic carbocycles. The first-order valence-electron chi connectivity index (χ1n) is 8.03. The van der Waals surface area contributed by atoms with E-state index in [0.29, 0.717) is 22.2 Å². The van der Waals surface area contributed by atoms with Gasteiger partial charge >= 0.3 is 0 Å². The van der Waals surface area contributed by atoms with Crippen LogP contribution in [0.5, 0.6) is 5.75 Å². The molecule has 0 aliphatic heterocycles. The number of thioether (sulfide) groups is 1. The number of hydrogen-bond acceptors (Lipinski definition) is 3. The molecule has 0 saturated heterocycles. The number of carbonyl (C=O) groups excluding carboxylic acids is 1. The fourth-order valence-electron chi connectivity index (χ4n) is 2.14. The van der Waals surface area contributed by atoms with Crippen LogP contribution in [0.15, 0.2) is 42.5 Å². The van der Waals surface area contributed by atoms with Crippen LogP contribution in [-0.2, 0) is 5.75 Å². The highest BCUT2D eigenvalue weighted by Gasteiger charge is 2.07. The molecule has 25 heavy (non-hydrogen) atoms. The highest BCUT2D eigenvalue weighted by atomic mass is 35.5. The molecule has 0 aliphatic rings. The fraction of sp³-hybridized carbons (Fsp3) is 0.316. The first-order valence-corrected chi connectivity index (χ1v) is 9.94. The molecule has 2 rings (SSSR count). The normalized spacial score (nSPS) is 10.8. The molecule has 3 nitrogen and oxygen atoms in total. The van der Waals surface area contributed by atoms with E-state index in [0.717, 1.165) is 22.8 Å². The van der Waals surface area contributed by atoms with Gasteiger partial charge in [0.2, 0.25) is 0 Å². The second kappa shape index (κ2) is 9.95. The van der Waals surface area contributed by atoms with Crippen LogP contribution in [0.2, 0.25) is 10.0 Å². The Morgan fingerprint density at radius 1 is 1.12 bits per heavy atom. The molecule has 0 bridgehead atoms. The van der Waals surface area contributed by atoms with Crippen molar-refractivity contribution >= 4 is 40.9 Å². The number of rotatable bonds is 8. The fourth-order valence-corrected chi connectivity index (χ4v) is 3.74. The van der Waals surface area contributed by atoms with Gasteiger partial charge in [0.1, 0.15) is 5.75 Å². The van der Waals surface area contributed by atoms with Gasteiger partial charge in [0.15, 0.2) is 0 Å². The molecule has 0 saturated carbocycles. The average Bonchev–Trinajstić information content (AvgIpc) is 2.57. The number of ether oxygens (including phenoxy) is 1. The van der Waals surface area contributed by atoms with Gasteiger partial charge in [-0.25, -0.2) is 0 Å². The summed E-state index contributed by atoms with van der Waals surface area (Å²) in [4.78, 5) is 12.1. The number of amides is 1. The summed E-state index contributed by atoms with van der Waals surface area (Å²) in [5.41, 5.74) is 1.55. The standard InChI is InChI=1S/C19H21Cl2NO2S/c1-13(2)24-15-8-6-14(7-9-15)19(23)22-10-11-25-12-16-17(20)4-3-5-18(16)21/h3-9,13H,10-12H2,1-2H3,(H,22,23). The van der Waals surface area contributed by atoms with Crippen molar-refractivity contribution in [2.75, 3.05) is 12.3 Å². The van der Waals surface area contributed by atoms with Gasteiger partial charge in [0.25, 0.3) is 5.91 Å². The Kier molecular flexibility index (Phi) is 7.94. The minimum Gasteiger partial charge on any atom is -0.491 e. The number of benzene rings is 2. The molecule has 0 radical (unpaired) electrons. The molecular formula is C19H21Cl2NO2S. The molecule has 0 aliphatic carbocycles. The Hall–Kier alpha value is -1.36. The summed E-state index contributed by atoms with van der Waals surface area (Å²) < 4.78 is 5.57. The van der Waals surface area contributed by atoms with Crippen LogP contribution in [0.1, 0.15) is 29.8 Å². The maximum Gasteiger partial charge on any atom is 0.251 e. The van der Waals surface area contributed by atoms with Crippen LogP contribution in [0.25, 0.3) is 0 Å². The van der Waals surface area contributed by atoms with Crippen molar-refractivity contribution in [3.8, 4) is 5.75 Å². The van der Waals surface area contributed by atoms with Crippen molar-refractivity contribution in [2.24, 2.45) is 0 Å². The monoisotopic (exact) mass is 397 g/mol. The Balaban J connectivity index is 1.73. The SMILES string of the molecule is CC(C)Oc1ccc(C(=O)NCCSCc2c(Cl)cccc2Cl)cc1.